The van der Waals surface area contributed by atoms with Crippen molar-refractivity contribution in [2.45, 2.75) is 9.79 Å². The molecule has 0 saturated carbocycles. The van der Waals surface area contributed by atoms with Crippen LogP contribution in [0, 0.1) is 10.1 Å². The molecule has 1 N–H and O–H groups in total. The van der Waals surface area contributed by atoms with Crippen LogP contribution in [0.4, 0.5) is 5.69 Å². The summed E-state index contributed by atoms with van der Waals surface area (Å²) in [6.45, 7) is 0. The Morgan fingerprint density at radius 2 is 1.90 bits per heavy atom. The molecule has 5 nitrogen and oxygen atoms in total. The predicted molar refractivity (Wildman–Crippen MR) is 75.6 cm³/mol. The number of halogens is 1. The number of carbonyl (C=O) groups is 1. The van der Waals surface area contributed by atoms with Crippen LogP contribution in [0.2, 0.25) is 5.02 Å². The predicted octanol–water partition coefficient (Wildman–Crippen LogP) is 4.10. The molecule has 0 aromatic heterocycles. The molecule has 20 heavy (non-hydrogen) atoms. The molecule has 0 aliphatic heterocycles. The van der Waals surface area contributed by atoms with Crippen LogP contribution in [-0.2, 0) is 0 Å². The third-order valence-corrected chi connectivity index (χ3v) is 3.83. The highest BCUT2D eigenvalue weighted by molar-refractivity contribution is 7.99. The second kappa shape index (κ2) is 5.94. The van der Waals surface area contributed by atoms with Gasteiger partial charge in [-0.3, -0.25) is 10.1 Å². The average Bonchev–Trinajstić information content (AvgIpc) is 2.41. The van der Waals surface area contributed by atoms with Crippen molar-refractivity contribution in [2.75, 3.05) is 0 Å². The van der Waals surface area contributed by atoms with Gasteiger partial charge in [0.2, 0.25) is 0 Å². The number of carboxylic acid groups (broad SMARTS) is 1. The Bertz CT molecular complexity index is 690. The SMILES string of the molecule is O=C(O)c1cc(Cl)ccc1Sc1ccccc1[N+](=O)[O-]. The number of hydrogen-bond acceptors (Lipinski definition) is 4. The van der Waals surface area contributed by atoms with Crippen LogP contribution >= 0.6 is 23.4 Å². The smallest absolute Gasteiger partial charge is 0.336 e. The van der Waals surface area contributed by atoms with E-state index in [0.717, 1.165) is 11.8 Å². The van der Waals surface area contributed by atoms with Gasteiger partial charge in [-0.1, -0.05) is 35.5 Å². The fraction of sp³-hybridized carbons (Fsp3) is 0. The van der Waals surface area contributed by atoms with E-state index in [2.05, 4.69) is 0 Å². The maximum Gasteiger partial charge on any atom is 0.336 e. The van der Waals surface area contributed by atoms with E-state index < -0.39 is 10.9 Å². The number of nitrogens with zero attached hydrogens (tertiary/aromatic N) is 1. The Morgan fingerprint density at radius 3 is 2.55 bits per heavy atom. The van der Waals surface area contributed by atoms with Crippen LogP contribution in [-0.4, -0.2) is 16.0 Å². The largest absolute Gasteiger partial charge is 0.478 e. The number of rotatable bonds is 4. The molecule has 7 heteroatoms. The lowest BCUT2D eigenvalue weighted by Crippen LogP contribution is -1.99. The van der Waals surface area contributed by atoms with Crippen LogP contribution in [0.3, 0.4) is 0 Å². The van der Waals surface area contributed by atoms with Crippen LogP contribution in [0.15, 0.2) is 52.3 Å². The Kier molecular flexibility index (Phi) is 4.26. The highest BCUT2D eigenvalue weighted by Crippen LogP contribution is 2.37. The third-order valence-electron chi connectivity index (χ3n) is 2.45. The highest BCUT2D eigenvalue weighted by atomic mass is 35.5. The first kappa shape index (κ1) is 14.4. The number of para-hydroxylation sites is 1. The minimum Gasteiger partial charge on any atom is -0.478 e. The molecule has 0 saturated heterocycles. The molecule has 0 radical (unpaired) electrons. The monoisotopic (exact) mass is 309 g/mol. The normalized spacial score (nSPS) is 10.2. The Labute approximate surface area is 123 Å². The molecule has 2 aromatic carbocycles. The summed E-state index contributed by atoms with van der Waals surface area (Å²) in [6, 6.07) is 10.6. The maximum absolute atomic E-state index is 11.2. The third kappa shape index (κ3) is 3.09. The molecule has 102 valence electrons. The summed E-state index contributed by atoms with van der Waals surface area (Å²) >= 11 is 6.79. The Hall–Kier alpha value is -2.05. The lowest BCUT2D eigenvalue weighted by molar-refractivity contribution is -0.387. The summed E-state index contributed by atoms with van der Waals surface area (Å²) in [5.74, 6) is -1.13. The molecule has 0 heterocycles. The van der Waals surface area contributed by atoms with E-state index in [0.29, 0.717) is 14.8 Å². The van der Waals surface area contributed by atoms with Gasteiger partial charge in [-0.05, 0) is 24.3 Å². The van der Waals surface area contributed by atoms with Crippen molar-refractivity contribution < 1.29 is 14.8 Å². The van der Waals surface area contributed by atoms with Crippen molar-refractivity contribution in [2.24, 2.45) is 0 Å². The van der Waals surface area contributed by atoms with Gasteiger partial charge in [-0.25, -0.2) is 4.79 Å². The van der Waals surface area contributed by atoms with Crippen LogP contribution in [0.25, 0.3) is 0 Å². The van der Waals surface area contributed by atoms with Crippen molar-refractivity contribution in [3.05, 3.63) is 63.2 Å². The molecule has 0 bridgehead atoms. The van der Waals surface area contributed by atoms with E-state index in [9.17, 15) is 14.9 Å². The van der Waals surface area contributed by atoms with Crippen molar-refractivity contribution in [3.63, 3.8) is 0 Å². The molecule has 0 aliphatic carbocycles. The van der Waals surface area contributed by atoms with Gasteiger partial charge in [0.25, 0.3) is 5.69 Å². The molecular weight excluding hydrogens is 302 g/mol. The lowest BCUT2D eigenvalue weighted by atomic mass is 10.2. The maximum atomic E-state index is 11.2. The zero-order valence-corrected chi connectivity index (χ0v) is 11.5. The molecule has 0 spiro atoms. The van der Waals surface area contributed by atoms with Crippen molar-refractivity contribution in [3.8, 4) is 0 Å². The number of nitro groups is 1. The van der Waals surface area contributed by atoms with Gasteiger partial charge >= 0.3 is 5.97 Å². The minimum atomic E-state index is -1.13. The van der Waals surface area contributed by atoms with E-state index in [-0.39, 0.29) is 11.3 Å². The average molecular weight is 310 g/mol. The fourth-order valence-electron chi connectivity index (χ4n) is 1.57. The Morgan fingerprint density at radius 1 is 1.20 bits per heavy atom. The van der Waals surface area contributed by atoms with Gasteiger partial charge in [0.15, 0.2) is 0 Å². The van der Waals surface area contributed by atoms with Crippen LogP contribution < -0.4 is 0 Å². The van der Waals surface area contributed by atoms with Gasteiger partial charge in [0.05, 0.1) is 15.4 Å². The van der Waals surface area contributed by atoms with E-state index in [4.69, 9.17) is 16.7 Å². The summed E-state index contributed by atoms with van der Waals surface area (Å²) in [5.41, 5.74) is -0.0514. The second-order valence-corrected chi connectivity index (χ2v) is 5.29. The van der Waals surface area contributed by atoms with E-state index in [1.807, 2.05) is 0 Å². The second-order valence-electron chi connectivity index (χ2n) is 3.77. The van der Waals surface area contributed by atoms with Crippen LogP contribution in [0.1, 0.15) is 10.4 Å². The van der Waals surface area contributed by atoms with Gasteiger partial charge in [-0.15, -0.1) is 0 Å². The summed E-state index contributed by atoms with van der Waals surface area (Å²) < 4.78 is 0. The first-order valence-electron chi connectivity index (χ1n) is 5.43. The quantitative estimate of drug-likeness (QED) is 0.679. The number of aromatic carboxylic acids is 1. The van der Waals surface area contributed by atoms with E-state index in [1.165, 1.54) is 18.2 Å². The van der Waals surface area contributed by atoms with Crippen molar-refractivity contribution >= 4 is 35.0 Å². The fourth-order valence-corrected chi connectivity index (χ4v) is 2.77. The molecule has 2 rings (SSSR count). The molecular formula is C13H8ClNO4S. The van der Waals surface area contributed by atoms with E-state index >= 15 is 0 Å². The number of hydrogen-bond donors (Lipinski definition) is 1. The Balaban J connectivity index is 2.45. The number of benzene rings is 2. The highest BCUT2D eigenvalue weighted by Gasteiger charge is 2.17. The summed E-state index contributed by atoms with van der Waals surface area (Å²) in [6.07, 6.45) is 0. The first-order valence-corrected chi connectivity index (χ1v) is 6.62. The zero-order valence-electron chi connectivity index (χ0n) is 9.95. The molecule has 2 aromatic rings. The first-order chi connectivity index (χ1) is 9.49. The molecule has 0 aliphatic rings. The van der Waals surface area contributed by atoms with Crippen LogP contribution in [0.5, 0.6) is 0 Å². The summed E-state index contributed by atoms with van der Waals surface area (Å²) in [4.78, 5) is 22.4. The zero-order chi connectivity index (χ0) is 14.7. The number of carboxylic acids is 1. The lowest BCUT2D eigenvalue weighted by Gasteiger charge is -2.06. The van der Waals surface area contributed by atoms with Gasteiger partial charge in [-0.2, -0.15) is 0 Å². The van der Waals surface area contributed by atoms with Gasteiger partial charge in [0.1, 0.15) is 0 Å². The summed E-state index contributed by atoms with van der Waals surface area (Å²) in [5, 5.41) is 20.4. The van der Waals surface area contributed by atoms with Gasteiger partial charge < -0.3 is 5.11 Å². The van der Waals surface area contributed by atoms with Gasteiger partial charge in [0, 0.05) is 16.0 Å². The van der Waals surface area contributed by atoms with Crippen molar-refractivity contribution in [1.29, 1.82) is 0 Å². The molecule has 0 amide bonds. The standard InChI is InChI=1S/C13H8ClNO4S/c14-8-5-6-11(9(7-8)13(16)17)20-12-4-2-1-3-10(12)15(18)19/h1-7H,(H,16,17). The molecule has 0 atom stereocenters. The topological polar surface area (TPSA) is 80.4 Å². The summed E-state index contributed by atoms with van der Waals surface area (Å²) in [7, 11) is 0. The minimum absolute atomic E-state index is 0.0145. The molecule has 0 fully saturated rings. The number of nitro benzene ring substituents is 1. The van der Waals surface area contributed by atoms with E-state index in [1.54, 1.807) is 24.3 Å². The molecule has 0 unspecified atom stereocenters. The van der Waals surface area contributed by atoms with Crippen molar-refractivity contribution in [1.82, 2.24) is 0 Å².